The van der Waals surface area contributed by atoms with Gasteiger partial charge in [0.25, 0.3) is 5.91 Å². The van der Waals surface area contributed by atoms with E-state index in [0.29, 0.717) is 28.6 Å². The maximum absolute atomic E-state index is 14.0. The summed E-state index contributed by atoms with van der Waals surface area (Å²) in [6.07, 6.45) is 3.15. The summed E-state index contributed by atoms with van der Waals surface area (Å²) in [7, 11) is -2.16. The fraction of sp³-hybridized carbons (Fsp3) is 0.484. The summed E-state index contributed by atoms with van der Waals surface area (Å²) in [5.74, 6) is -2.14. The minimum absolute atomic E-state index is 0.0263. The van der Waals surface area contributed by atoms with Crippen LogP contribution in [0.1, 0.15) is 54.7 Å². The molecule has 4 N–H and O–H groups in total. The number of piperidine rings is 1. The summed E-state index contributed by atoms with van der Waals surface area (Å²) < 4.78 is 56.2. The van der Waals surface area contributed by atoms with Crippen LogP contribution in [0.3, 0.4) is 0 Å². The summed E-state index contributed by atoms with van der Waals surface area (Å²) in [5.41, 5.74) is 2.62. The number of hydrogen-bond donors (Lipinski definition) is 4. The predicted octanol–water partition coefficient (Wildman–Crippen LogP) is 3.69. The number of piperazine rings is 1. The molecule has 6 rings (SSSR count). The van der Waals surface area contributed by atoms with E-state index in [1.54, 1.807) is 0 Å². The topological polar surface area (TPSA) is 126 Å². The van der Waals surface area contributed by atoms with Crippen molar-refractivity contribution in [1.29, 1.82) is 0 Å². The van der Waals surface area contributed by atoms with Crippen molar-refractivity contribution in [1.82, 2.24) is 24.7 Å². The average molecular weight is 643 g/mol. The Balaban J connectivity index is 1.28. The van der Waals surface area contributed by atoms with Gasteiger partial charge in [-0.05, 0) is 63.2 Å². The first-order chi connectivity index (χ1) is 21.4. The first-order valence-electron chi connectivity index (χ1n) is 15.3. The molecule has 0 bridgehead atoms. The molecular formula is C31H40F2N8O3S. The molecule has 3 aromatic rings. The standard InChI is InChI=1S/C31H40F2N8O3S/c1-31(2)19-41(45(43,44)23-15-20(32)14-21(33)16-23)18-25-28(31)37-38-29(25)36-30(42)24-8-7-22(40-12-10-39(3)11-13-40)17-26(24)35-27-6-4-5-9-34-27/h7-8,14-17,27,34-35H,4-6,9-13,18-19H2,1-3H3,(H2,36,37,38,42). The molecule has 2 aromatic carbocycles. The zero-order chi connectivity index (χ0) is 31.9. The van der Waals surface area contributed by atoms with Gasteiger partial charge in [0.1, 0.15) is 11.6 Å². The Morgan fingerprint density at radius 2 is 1.78 bits per heavy atom. The molecule has 45 heavy (non-hydrogen) atoms. The van der Waals surface area contributed by atoms with Gasteiger partial charge in [-0.25, -0.2) is 17.2 Å². The van der Waals surface area contributed by atoms with Crippen molar-refractivity contribution >= 4 is 33.1 Å². The molecule has 0 aliphatic carbocycles. The summed E-state index contributed by atoms with van der Waals surface area (Å²) >= 11 is 0. The Kier molecular flexibility index (Phi) is 8.59. The highest BCUT2D eigenvalue weighted by molar-refractivity contribution is 7.89. The van der Waals surface area contributed by atoms with Crippen molar-refractivity contribution in [2.45, 2.75) is 56.1 Å². The summed E-state index contributed by atoms with van der Waals surface area (Å²) in [4.78, 5) is 18.0. The van der Waals surface area contributed by atoms with Crippen molar-refractivity contribution in [3.8, 4) is 0 Å². The van der Waals surface area contributed by atoms with E-state index in [-0.39, 0.29) is 25.1 Å². The second kappa shape index (κ2) is 12.3. The molecule has 4 heterocycles. The molecule has 3 aliphatic rings. The smallest absolute Gasteiger partial charge is 0.258 e. The SMILES string of the molecule is CN1CCN(c2ccc(C(=O)Nc3n[nH]c4c3CN(S(=O)(=O)c3cc(F)cc(F)c3)CC4(C)C)c(NC3CCCCN3)c2)CC1. The number of fused-ring (bicyclic) bond motifs is 1. The van der Waals surface area contributed by atoms with Crippen LogP contribution in [0.5, 0.6) is 0 Å². The number of carbonyl (C=O) groups excluding carboxylic acids is 1. The Labute approximate surface area is 262 Å². The first-order valence-corrected chi connectivity index (χ1v) is 16.8. The van der Waals surface area contributed by atoms with Gasteiger partial charge in [0.15, 0.2) is 5.82 Å². The van der Waals surface area contributed by atoms with E-state index in [1.807, 2.05) is 32.0 Å². The number of halogens is 2. The normalized spacial score (nSPS) is 20.9. The number of H-pyrrole nitrogens is 1. The van der Waals surface area contributed by atoms with Crippen LogP contribution in [-0.4, -0.2) is 86.2 Å². The molecule has 11 nitrogen and oxygen atoms in total. The van der Waals surface area contributed by atoms with E-state index in [1.165, 1.54) is 4.31 Å². The molecule has 1 unspecified atom stereocenters. The largest absolute Gasteiger partial charge is 0.369 e. The predicted molar refractivity (Wildman–Crippen MR) is 169 cm³/mol. The van der Waals surface area contributed by atoms with Crippen molar-refractivity contribution in [2.75, 3.05) is 61.8 Å². The summed E-state index contributed by atoms with van der Waals surface area (Å²) in [6, 6.07) is 8.03. The van der Waals surface area contributed by atoms with Gasteiger partial charge in [0, 0.05) is 67.7 Å². The van der Waals surface area contributed by atoms with Crippen molar-refractivity contribution < 1.29 is 22.0 Å². The Hall–Kier alpha value is -3.59. The van der Waals surface area contributed by atoms with Crippen molar-refractivity contribution in [3.05, 3.63) is 64.9 Å². The number of hydrogen-bond acceptors (Lipinski definition) is 8. The third-order valence-corrected chi connectivity index (χ3v) is 10.7. The van der Waals surface area contributed by atoms with E-state index >= 15 is 0 Å². The lowest BCUT2D eigenvalue weighted by Gasteiger charge is -2.37. The monoisotopic (exact) mass is 642 g/mol. The zero-order valence-electron chi connectivity index (χ0n) is 25.8. The lowest BCUT2D eigenvalue weighted by atomic mass is 9.84. The maximum atomic E-state index is 14.0. The molecule has 2 saturated heterocycles. The van der Waals surface area contributed by atoms with Crippen LogP contribution in [-0.2, 0) is 22.0 Å². The number of amides is 1. The van der Waals surface area contributed by atoms with Gasteiger partial charge in [0.05, 0.1) is 22.3 Å². The zero-order valence-corrected chi connectivity index (χ0v) is 26.6. The minimum Gasteiger partial charge on any atom is -0.369 e. The van der Waals surface area contributed by atoms with E-state index in [9.17, 15) is 22.0 Å². The van der Waals surface area contributed by atoms with Crippen molar-refractivity contribution in [3.63, 3.8) is 0 Å². The van der Waals surface area contributed by atoms with E-state index < -0.39 is 37.9 Å². The second-order valence-corrected chi connectivity index (χ2v) is 14.7. The van der Waals surface area contributed by atoms with Gasteiger partial charge < -0.3 is 20.4 Å². The number of aromatic amines is 1. The van der Waals surface area contributed by atoms with Crippen LogP contribution in [0.4, 0.5) is 26.0 Å². The first kappa shape index (κ1) is 31.4. The third-order valence-electron chi connectivity index (χ3n) is 8.91. The fourth-order valence-corrected chi connectivity index (χ4v) is 7.99. The highest BCUT2D eigenvalue weighted by Gasteiger charge is 2.41. The number of nitrogens with zero attached hydrogens (tertiary/aromatic N) is 4. The Bertz CT molecular complexity index is 1660. The number of nitrogens with one attached hydrogen (secondary N) is 4. The van der Waals surface area contributed by atoms with E-state index in [4.69, 9.17) is 0 Å². The molecule has 2 fully saturated rings. The number of aromatic nitrogens is 2. The Morgan fingerprint density at radius 3 is 2.47 bits per heavy atom. The number of rotatable bonds is 7. The molecular weight excluding hydrogens is 602 g/mol. The fourth-order valence-electron chi connectivity index (χ4n) is 6.38. The third kappa shape index (κ3) is 6.55. The average Bonchev–Trinajstić information content (AvgIpc) is 3.41. The van der Waals surface area contributed by atoms with Gasteiger partial charge in [-0.15, -0.1) is 0 Å². The molecule has 0 spiro atoms. The van der Waals surface area contributed by atoms with Crippen LogP contribution in [0.25, 0.3) is 0 Å². The number of likely N-dealkylation sites (N-methyl/N-ethyl adjacent to an activating group) is 1. The quantitative estimate of drug-likeness (QED) is 0.308. The van der Waals surface area contributed by atoms with Gasteiger partial charge in [-0.2, -0.15) is 9.40 Å². The van der Waals surface area contributed by atoms with Crippen LogP contribution in [0.2, 0.25) is 0 Å². The summed E-state index contributed by atoms with van der Waals surface area (Å²) in [6.45, 7) is 8.19. The number of benzene rings is 2. The highest BCUT2D eigenvalue weighted by atomic mass is 32.2. The second-order valence-electron chi connectivity index (χ2n) is 12.8. The molecule has 14 heteroatoms. The van der Waals surface area contributed by atoms with Gasteiger partial charge in [-0.1, -0.05) is 13.8 Å². The van der Waals surface area contributed by atoms with Crippen molar-refractivity contribution in [2.24, 2.45) is 0 Å². The van der Waals surface area contributed by atoms with E-state index in [0.717, 1.165) is 69.8 Å². The highest BCUT2D eigenvalue weighted by Crippen LogP contribution is 2.38. The number of sulfonamides is 1. The van der Waals surface area contributed by atoms with Gasteiger partial charge in [-0.3, -0.25) is 15.2 Å². The van der Waals surface area contributed by atoms with E-state index in [2.05, 4.69) is 43.0 Å². The summed E-state index contributed by atoms with van der Waals surface area (Å²) in [5, 5.41) is 17.3. The molecule has 1 amide bonds. The minimum atomic E-state index is -4.26. The molecule has 242 valence electrons. The molecule has 1 atom stereocenters. The van der Waals surface area contributed by atoms with Gasteiger partial charge >= 0.3 is 0 Å². The molecule has 1 aromatic heterocycles. The Morgan fingerprint density at radius 1 is 1.04 bits per heavy atom. The number of anilines is 3. The van der Waals surface area contributed by atoms with Crippen LogP contribution >= 0.6 is 0 Å². The lowest BCUT2D eigenvalue weighted by molar-refractivity contribution is 0.102. The van der Waals surface area contributed by atoms with Crippen LogP contribution < -0.4 is 20.9 Å². The number of carbonyl (C=O) groups is 1. The maximum Gasteiger partial charge on any atom is 0.258 e. The molecule has 0 radical (unpaired) electrons. The lowest BCUT2D eigenvalue weighted by Crippen LogP contribution is -2.45. The van der Waals surface area contributed by atoms with Crippen LogP contribution in [0.15, 0.2) is 41.3 Å². The molecule has 0 saturated carbocycles. The van der Waals surface area contributed by atoms with Crippen LogP contribution in [0, 0.1) is 11.6 Å². The molecule has 3 aliphatic heterocycles. The van der Waals surface area contributed by atoms with Gasteiger partial charge in [0.2, 0.25) is 10.0 Å².